The van der Waals surface area contributed by atoms with E-state index in [1.165, 1.54) is 5.56 Å². The van der Waals surface area contributed by atoms with Gasteiger partial charge in [0.2, 0.25) is 0 Å². The molecule has 2 N–H and O–H groups in total. The number of benzene rings is 1. The van der Waals surface area contributed by atoms with Crippen molar-refractivity contribution in [2.75, 3.05) is 0 Å². The molecule has 16 heavy (non-hydrogen) atoms. The van der Waals surface area contributed by atoms with Crippen LogP contribution >= 0.6 is 11.6 Å². The molecule has 1 heterocycles. The highest BCUT2D eigenvalue weighted by Crippen LogP contribution is 2.28. The monoisotopic (exact) mass is 233 g/mol. The number of nitrogens with zero attached hydrogens (tertiary/aromatic N) is 2. The lowest BCUT2D eigenvalue weighted by Gasteiger charge is -2.03. The summed E-state index contributed by atoms with van der Waals surface area (Å²) in [5, 5.41) is 5.26. The first-order valence-electron chi connectivity index (χ1n) is 5.34. The molecular formula is C12H12ClN3. The molecule has 0 fully saturated rings. The van der Waals surface area contributed by atoms with E-state index in [1.54, 1.807) is 0 Å². The fourth-order valence-electron chi connectivity index (χ4n) is 2.10. The van der Waals surface area contributed by atoms with Gasteiger partial charge < -0.3 is 5.73 Å². The van der Waals surface area contributed by atoms with E-state index in [0.29, 0.717) is 0 Å². The van der Waals surface area contributed by atoms with Crippen molar-refractivity contribution < 1.29 is 0 Å². The summed E-state index contributed by atoms with van der Waals surface area (Å²) in [7, 11) is 0. The van der Waals surface area contributed by atoms with Crippen molar-refractivity contribution in [3.63, 3.8) is 0 Å². The summed E-state index contributed by atoms with van der Waals surface area (Å²) in [5.41, 5.74) is 9.29. The second kappa shape index (κ2) is 3.61. The molecule has 1 aromatic carbocycles. The molecule has 0 radical (unpaired) electrons. The molecular weight excluding hydrogens is 222 g/mol. The second-order valence-corrected chi connectivity index (χ2v) is 4.54. The van der Waals surface area contributed by atoms with E-state index in [1.807, 2.05) is 28.9 Å². The fourth-order valence-corrected chi connectivity index (χ4v) is 2.23. The highest BCUT2D eigenvalue weighted by molar-refractivity contribution is 6.30. The number of aryl methyl sites for hydroxylation is 1. The van der Waals surface area contributed by atoms with Crippen LogP contribution in [0, 0.1) is 0 Å². The van der Waals surface area contributed by atoms with Gasteiger partial charge in [0.1, 0.15) is 0 Å². The zero-order valence-corrected chi connectivity index (χ0v) is 9.48. The van der Waals surface area contributed by atoms with Crippen molar-refractivity contribution in [1.82, 2.24) is 9.78 Å². The van der Waals surface area contributed by atoms with Gasteiger partial charge in [0.15, 0.2) is 0 Å². The molecule has 1 aliphatic carbocycles. The maximum atomic E-state index is 5.96. The number of nitrogens with two attached hydrogens (primary N) is 1. The minimum atomic E-state index is 0.101. The van der Waals surface area contributed by atoms with Gasteiger partial charge in [-0.15, -0.1) is 0 Å². The Kier molecular flexibility index (Phi) is 2.23. The summed E-state index contributed by atoms with van der Waals surface area (Å²) in [4.78, 5) is 0. The molecule has 0 amide bonds. The van der Waals surface area contributed by atoms with Crippen molar-refractivity contribution in [2.45, 2.75) is 18.9 Å². The zero-order chi connectivity index (χ0) is 11.1. The molecule has 0 saturated heterocycles. The van der Waals surface area contributed by atoms with Crippen molar-refractivity contribution in [1.29, 1.82) is 0 Å². The molecule has 1 aliphatic rings. The second-order valence-electron chi connectivity index (χ2n) is 4.11. The van der Waals surface area contributed by atoms with Gasteiger partial charge in [-0.3, -0.25) is 0 Å². The van der Waals surface area contributed by atoms with E-state index in [-0.39, 0.29) is 6.04 Å². The summed E-state index contributed by atoms with van der Waals surface area (Å²) >= 11 is 5.85. The summed E-state index contributed by atoms with van der Waals surface area (Å²) in [6.07, 6.45) is 4.11. The highest BCUT2D eigenvalue weighted by Gasteiger charge is 2.23. The van der Waals surface area contributed by atoms with Crippen LogP contribution in [0.5, 0.6) is 0 Å². The normalized spacial score (nSPS) is 18.8. The first-order valence-corrected chi connectivity index (χ1v) is 5.72. The third-order valence-corrected chi connectivity index (χ3v) is 3.24. The largest absolute Gasteiger partial charge is 0.323 e. The highest BCUT2D eigenvalue weighted by atomic mass is 35.5. The van der Waals surface area contributed by atoms with Crippen LogP contribution in [0.3, 0.4) is 0 Å². The lowest BCUT2D eigenvalue weighted by Crippen LogP contribution is -2.08. The topological polar surface area (TPSA) is 43.8 Å². The molecule has 0 saturated carbocycles. The van der Waals surface area contributed by atoms with Crippen LogP contribution in [0.1, 0.15) is 23.7 Å². The van der Waals surface area contributed by atoms with Gasteiger partial charge in [0, 0.05) is 17.3 Å². The Hall–Kier alpha value is -1.32. The smallest absolute Gasteiger partial charge is 0.0828 e. The van der Waals surface area contributed by atoms with Crippen molar-refractivity contribution in [3.05, 3.63) is 46.7 Å². The Morgan fingerprint density at radius 2 is 2.06 bits per heavy atom. The quantitative estimate of drug-likeness (QED) is 0.823. The van der Waals surface area contributed by atoms with Crippen LogP contribution < -0.4 is 5.73 Å². The Balaban J connectivity index is 2.02. The van der Waals surface area contributed by atoms with E-state index in [4.69, 9.17) is 17.3 Å². The van der Waals surface area contributed by atoms with Crippen LogP contribution in [0.4, 0.5) is 0 Å². The predicted octanol–water partition coefficient (Wildman–Crippen LogP) is 2.47. The summed E-state index contributed by atoms with van der Waals surface area (Å²) in [6, 6.07) is 7.74. The summed E-state index contributed by atoms with van der Waals surface area (Å²) in [6.45, 7) is 0. The lowest BCUT2D eigenvalue weighted by molar-refractivity contribution is 0.669. The van der Waals surface area contributed by atoms with Crippen molar-refractivity contribution in [3.8, 4) is 5.69 Å². The van der Waals surface area contributed by atoms with Gasteiger partial charge in [0.05, 0.1) is 11.4 Å². The van der Waals surface area contributed by atoms with Crippen LogP contribution in [-0.2, 0) is 6.42 Å². The molecule has 4 heteroatoms. The first-order chi connectivity index (χ1) is 7.74. The first kappa shape index (κ1) is 9.87. The Morgan fingerprint density at radius 1 is 1.31 bits per heavy atom. The molecule has 1 atom stereocenters. The molecule has 0 aliphatic heterocycles. The maximum Gasteiger partial charge on any atom is 0.0828 e. The van der Waals surface area contributed by atoms with Crippen LogP contribution in [0.25, 0.3) is 5.69 Å². The molecule has 3 rings (SSSR count). The standard InChI is InChI=1S/C12H12ClN3/c13-9-2-4-10(5-3-9)16-7-8-1-6-11(14)12(8)15-16/h2-5,7,11H,1,6,14H2. The number of fused-ring (bicyclic) bond motifs is 1. The Bertz CT molecular complexity index is 516. The third-order valence-electron chi connectivity index (χ3n) is 2.99. The number of halogens is 1. The van der Waals surface area contributed by atoms with Crippen molar-refractivity contribution >= 4 is 11.6 Å². The molecule has 1 aromatic heterocycles. The average Bonchev–Trinajstić information content (AvgIpc) is 2.83. The van der Waals surface area contributed by atoms with E-state index >= 15 is 0 Å². The predicted molar refractivity (Wildman–Crippen MR) is 63.8 cm³/mol. The van der Waals surface area contributed by atoms with E-state index in [2.05, 4.69) is 11.3 Å². The molecule has 0 bridgehead atoms. The summed E-state index contributed by atoms with van der Waals surface area (Å²) < 4.78 is 1.88. The van der Waals surface area contributed by atoms with Gasteiger partial charge in [-0.1, -0.05) is 11.6 Å². The summed E-state index contributed by atoms with van der Waals surface area (Å²) in [5.74, 6) is 0. The number of rotatable bonds is 1. The molecule has 1 unspecified atom stereocenters. The van der Waals surface area contributed by atoms with Crippen LogP contribution in [0.15, 0.2) is 30.5 Å². The molecule has 82 valence electrons. The lowest BCUT2D eigenvalue weighted by atomic mass is 10.3. The third kappa shape index (κ3) is 1.52. The van der Waals surface area contributed by atoms with Gasteiger partial charge in [-0.25, -0.2) is 4.68 Å². The average molecular weight is 234 g/mol. The number of hydrogen-bond acceptors (Lipinski definition) is 2. The molecule has 2 aromatic rings. The zero-order valence-electron chi connectivity index (χ0n) is 8.73. The van der Waals surface area contributed by atoms with E-state index in [0.717, 1.165) is 29.2 Å². The number of aromatic nitrogens is 2. The van der Waals surface area contributed by atoms with Crippen LogP contribution in [-0.4, -0.2) is 9.78 Å². The van der Waals surface area contributed by atoms with E-state index < -0.39 is 0 Å². The van der Waals surface area contributed by atoms with Gasteiger partial charge in [-0.05, 0) is 42.7 Å². The maximum absolute atomic E-state index is 5.96. The minimum absolute atomic E-state index is 0.101. The van der Waals surface area contributed by atoms with Crippen LogP contribution in [0.2, 0.25) is 5.02 Å². The van der Waals surface area contributed by atoms with Gasteiger partial charge in [-0.2, -0.15) is 5.10 Å². The van der Waals surface area contributed by atoms with Crippen molar-refractivity contribution in [2.24, 2.45) is 5.73 Å². The molecule has 3 nitrogen and oxygen atoms in total. The number of hydrogen-bond donors (Lipinski definition) is 1. The van der Waals surface area contributed by atoms with Gasteiger partial charge >= 0.3 is 0 Å². The Labute approximate surface area is 98.8 Å². The minimum Gasteiger partial charge on any atom is -0.323 e. The van der Waals surface area contributed by atoms with Gasteiger partial charge in [0.25, 0.3) is 0 Å². The molecule has 0 spiro atoms. The Morgan fingerprint density at radius 3 is 2.75 bits per heavy atom. The SMILES string of the molecule is NC1CCc2cn(-c3ccc(Cl)cc3)nc21. The fraction of sp³-hybridized carbons (Fsp3) is 0.250. The van der Waals surface area contributed by atoms with E-state index in [9.17, 15) is 0 Å².